The highest BCUT2D eigenvalue weighted by Crippen LogP contribution is 2.26. The molecule has 0 aromatic carbocycles. The summed E-state index contributed by atoms with van der Waals surface area (Å²) < 4.78 is 8.21. The lowest BCUT2D eigenvalue weighted by molar-refractivity contribution is -0.0347. The molecule has 1 aliphatic rings. The molecule has 1 aliphatic heterocycles. The summed E-state index contributed by atoms with van der Waals surface area (Å²) >= 11 is 1.75. The molecule has 0 N–H and O–H groups in total. The van der Waals surface area contributed by atoms with Crippen molar-refractivity contribution in [3.05, 3.63) is 77.0 Å². The number of hydrogen-bond acceptors (Lipinski definition) is 5. The lowest BCUT2D eigenvalue weighted by atomic mass is 10.2. The minimum Gasteiger partial charge on any atom is -0.369 e. The molecular weight excluding hydrogens is 356 g/mol. The Morgan fingerprint density at radius 3 is 2.93 bits per heavy atom. The Hall–Kier alpha value is -2.54. The zero-order chi connectivity index (χ0) is 18.1. The summed E-state index contributed by atoms with van der Waals surface area (Å²) in [6, 6.07) is 12.4. The summed E-state index contributed by atoms with van der Waals surface area (Å²) in [4.78, 5) is 11.4. The Balaban J connectivity index is 1.43. The van der Waals surface area contributed by atoms with Gasteiger partial charge in [-0.05, 0) is 46.7 Å². The van der Waals surface area contributed by atoms with Crippen LogP contribution in [0.4, 0.5) is 0 Å². The molecule has 0 aliphatic carbocycles. The number of morpholine rings is 1. The maximum atomic E-state index is 6.06. The Morgan fingerprint density at radius 2 is 2.07 bits per heavy atom. The Morgan fingerprint density at radius 1 is 1.15 bits per heavy atom. The summed E-state index contributed by atoms with van der Waals surface area (Å²) in [6.07, 6.45) is 5.75. The molecule has 0 radical (unpaired) electrons. The summed E-state index contributed by atoms with van der Waals surface area (Å²) in [6.45, 7) is 3.53. The molecule has 4 aromatic heterocycles. The van der Waals surface area contributed by atoms with Crippen LogP contribution in [0.5, 0.6) is 0 Å². The maximum absolute atomic E-state index is 6.06. The largest absolute Gasteiger partial charge is 0.369 e. The van der Waals surface area contributed by atoms with E-state index < -0.39 is 0 Å². The number of nitrogens with zero attached hydrogens (tertiary/aromatic N) is 4. The molecule has 1 atom stereocenters. The number of imidazole rings is 1. The quantitative estimate of drug-likeness (QED) is 0.539. The molecule has 1 fully saturated rings. The van der Waals surface area contributed by atoms with Crippen molar-refractivity contribution in [3.8, 4) is 11.3 Å². The predicted octanol–water partition coefficient (Wildman–Crippen LogP) is 4.03. The molecule has 0 saturated carbocycles. The Kier molecular flexibility index (Phi) is 4.45. The standard InChI is InChI=1S/C21H20N4OS/c1-2-19(17-4-7-22-8-5-17)25-13-18(23-21(25)3-1)20-14-24(9-10-26-20)12-16-6-11-27-15-16/h1-8,11,13,15,20H,9-10,12,14H2. The predicted molar refractivity (Wildman–Crippen MR) is 107 cm³/mol. The van der Waals surface area contributed by atoms with E-state index in [1.54, 1.807) is 11.3 Å². The van der Waals surface area contributed by atoms with Crippen molar-refractivity contribution in [3.63, 3.8) is 0 Å². The van der Waals surface area contributed by atoms with Gasteiger partial charge in [-0.15, -0.1) is 0 Å². The number of pyridine rings is 2. The molecule has 0 spiro atoms. The van der Waals surface area contributed by atoms with Crippen LogP contribution in [0.3, 0.4) is 0 Å². The van der Waals surface area contributed by atoms with Gasteiger partial charge in [-0.25, -0.2) is 4.98 Å². The first-order chi connectivity index (χ1) is 13.4. The zero-order valence-electron chi connectivity index (χ0n) is 14.9. The van der Waals surface area contributed by atoms with Gasteiger partial charge < -0.3 is 4.74 Å². The molecule has 6 heteroatoms. The van der Waals surface area contributed by atoms with E-state index >= 15 is 0 Å². The van der Waals surface area contributed by atoms with Crippen LogP contribution in [-0.2, 0) is 11.3 Å². The first-order valence-electron chi connectivity index (χ1n) is 9.10. The number of thiophene rings is 1. The third-order valence-corrected chi connectivity index (χ3v) is 5.69. The van der Waals surface area contributed by atoms with Crippen LogP contribution < -0.4 is 0 Å². The number of aromatic nitrogens is 3. The number of hydrogen-bond donors (Lipinski definition) is 0. The van der Waals surface area contributed by atoms with Gasteiger partial charge in [-0.3, -0.25) is 14.3 Å². The first kappa shape index (κ1) is 16.6. The van der Waals surface area contributed by atoms with E-state index in [2.05, 4.69) is 43.4 Å². The second-order valence-corrected chi connectivity index (χ2v) is 7.55. The molecule has 4 aromatic rings. The van der Waals surface area contributed by atoms with Gasteiger partial charge in [0.15, 0.2) is 0 Å². The average Bonchev–Trinajstić information content (AvgIpc) is 3.38. The van der Waals surface area contributed by atoms with Crippen molar-refractivity contribution in [2.75, 3.05) is 19.7 Å². The van der Waals surface area contributed by atoms with E-state index in [1.807, 2.05) is 36.7 Å². The number of ether oxygens (including phenoxy) is 1. The van der Waals surface area contributed by atoms with Crippen LogP contribution in [0.25, 0.3) is 16.9 Å². The van der Waals surface area contributed by atoms with Crippen molar-refractivity contribution < 1.29 is 4.74 Å². The van der Waals surface area contributed by atoms with Gasteiger partial charge in [-0.2, -0.15) is 11.3 Å². The Bertz CT molecular complexity index is 1030. The van der Waals surface area contributed by atoms with Crippen LogP contribution in [0.1, 0.15) is 17.4 Å². The highest BCUT2D eigenvalue weighted by molar-refractivity contribution is 7.07. The average molecular weight is 376 g/mol. The van der Waals surface area contributed by atoms with E-state index in [0.717, 1.165) is 48.8 Å². The SMILES string of the molecule is c1cc(-c2ccncc2)n2cc(C3CN(Cc4ccsc4)CCO3)nc2c1. The topological polar surface area (TPSA) is 42.7 Å². The molecule has 0 amide bonds. The molecule has 1 unspecified atom stereocenters. The summed E-state index contributed by atoms with van der Waals surface area (Å²) in [5, 5.41) is 4.35. The van der Waals surface area contributed by atoms with Crippen LogP contribution in [-0.4, -0.2) is 39.0 Å². The van der Waals surface area contributed by atoms with Crippen LogP contribution in [0, 0.1) is 0 Å². The fraction of sp³-hybridized carbons (Fsp3) is 0.238. The molecule has 27 heavy (non-hydrogen) atoms. The summed E-state index contributed by atoms with van der Waals surface area (Å²) in [7, 11) is 0. The first-order valence-corrected chi connectivity index (χ1v) is 10.0. The van der Waals surface area contributed by atoms with Gasteiger partial charge in [0.25, 0.3) is 0 Å². The second-order valence-electron chi connectivity index (χ2n) is 6.77. The van der Waals surface area contributed by atoms with Gasteiger partial charge in [0.05, 0.1) is 18.0 Å². The number of rotatable bonds is 4. The van der Waals surface area contributed by atoms with Gasteiger partial charge in [0, 0.05) is 43.8 Å². The molecule has 5 rings (SSSR count). The van der Waals surface area contributed by atoms with E-state index in [0.29, 0.717) is 0 Å². The molecule has 5 nitrogen and oxygen atoms in total. The van der Waals surface area contributed by atoms with E-state index in [-0.39, 0.29) is 6.10 Å². The fourth-order valence-electron chi connectivity index (χ4n) is 3.61. The molecule has 5 heterocycles. The van der Waals surface area contributed by atoms with Crippen molar-refractivity contribution >= 4 is 17.0 Å². The lowest BCUT2D eigenvalue weighted by Crippen LogP contribution is -2.37. The second kappa shape index (κ2) is 7.23. The normalized spacial score (nSPS) is 18.1. The monoisotopic (exact) mass is 376 g/mol. The van der Waals surface area contributed by atoms with Crippen molar-refractivity contribution in [1.82, 2.24) is 19.3 Å². The third-order valence-electron chi connectivity index (χ3n) is 4.95. The highest BCUT2D eigenvalue weighted by atomic mass is 32.1. The highest BCUT2D eigenvalue weighted by Gasteiger charge is 2.24. The Labute approximate surface area is 161 Å². The van der Waals surface area contributed by atoms with E-state index in [4.69, 9.17) is 9.72 Å². The molecule has 0 bridgehead atoms. The molecule has 1 saturated heterocycles. The van der Waals surface area contributed by atoms with Crippen LogP contribution >= 0.6 is 11.3 Å². The van der Waals surface area contributed by atoms with Gasteiger partial charge in [0.2, 0.25) is 0 Å². The van der Waals surface area contributed by atoms with Gasteiger partial charge >= 0.3 is 0 Å². The smallest absolute Gasteiger partial charge is 0.137 e. The van der Waals surface area contributed by atoms with Gasteiger partial charge in [0.1, 0.15) is 11.8 Å². The minimum atomic E-state index is 0.00238. The molecular formula is C21H20N4OS. The number of fused-ring (bicyclic) bond motifs is 1. The van der Waals surface area contributed by atoms with Crippen molar-refractivity contribution in [1.29, 1.82) is 0 Å². The zero-order valence-corrected chi connectivity index (χ0v) is 15.7. The van der Waals surface area contributed by atoms with Crippen molar-refractivity contribution in [2.24, 2.45) is 0 Å². The maximum Gasteiger partial charge on any atom is 0.137 e. The third kappa shape index (κ3) is 3.39. The van der Waals surface area contributed by atoms with E-state index in [9.17, 15) is 0 Å². The van der Waals surface area contributed by atoms with Crippen molar-refractivity contribution in [2.45, 2.75) is 12.6 Å². The van der Waals surface area contributed by atoms with Crippen LogP contribution in [0.15, 0.2) is 65.7 Å². The van der Waals surface area contributed by atoms with Gasteiger partial charge in [-0.1, -0.05) is 6.07 Å². The summed E-state index contributed by atoms with van der Waals surface area (Å²) in [5.41, 5.74) is 5.54. The van der Waals surface area contributed by atoms with E-state index in [1.165, 1.54) is 5.56 Å². The fourth-order valence-corrected chi connectivity index (χ4v) is 4.27. The minimum absolute atomic E-state index is 0.00238. The molecule has 136 valence electrons. The lowest BCUT2D eigenvalue weighted by Gasteiger charge is -2.31. The van der Waals surface area contributed by atoms with Crippen LogP contribution in [0.2, 0.25) is 0 Å². The summed E-state index contributed by atoms with van der Waals surface area (Å²) in [5.74, 6) is 0.